The molecular weight excluding hydrogens is 1160 g/mol. The third-order valence-corrected chi connectivity index (χ3v) is 19.4. The zero-order valence-corrected chi connectivity index (χ0v) is 51.4. The third kappa shape index (κ3) is 14.9. The summed E-state index contributed by atoms with van der Waals surface area (Å²) >= 11 is 6.27. The number of allylic oxidation sites excluding steroid dienone is 1. The van der Waals surface area contributed by atoms with Crippen LogP contribution in [0.25, 0.3) is 16.6 Å². The lowest BCUT2D eigenvalue weighted by atomic mass is 9.72. The van der Waals surface area contributed by atoms with E-state index in [2.05, 4.69) is 77.8 Å². The Morgan fingerprint density at radius 3 is 2.44 bits per heavy atom. The van der Waals surface area contributed by atoms with Crippen LogP contribution in [0, 0.1) is 33.3 Å². The van der Waals surface area contributed by atoms with Crippen LogP contribution >= 0.6 is 11.6 Å². The maximum absolute atomic E-state index is 14.2. The van der Waals surface area contributed by atoms with Gasteiger partial charge in [-0.05, 0) is 166 Å². The molecule has 5 aliphatic rings. The Morgan fingerprint density at radius 1 is 0.875 bits per heavy atom. The van der Waals surface area contributed by atoms with E-state index in [9.17, 15) is 37.7 Å². The smallest absolute Gasteiger partial charge is 0.293 e. The van der Waals surface area contributed by atoms with Gasteiger partial charge in [-0.2, -0.15) is 0 Å². The topological polar surface area (TPSA) is 233 Å². The molecule has 1 aliphatic carbocycles. The summed E-state index contributed by atoms with van der Waals surface area (Å²) in [5, 5.41) is 19.5. The summed E-state index contributed by atoms with van der Waals surface area (Å²) in [5.74, 6) is 5.35. The molecule has 4 aliphatic heterocycles. The minimum atomic E-state index is -4.61. The number of nitrogens with zero attached hydrogens (tertiary/aromatic N) is 6. The summed E-state index contributed by atoms with van der Waals surface area (Å²) in [6.45, 7) is 12.2. The highest BCUT2D eigenvalue weighted by Crippen LogP contribution is 2.44. The number of carbonyl (C=O) groups is 4. The number of nitro benzene ring substituents is 1. The summed E-state index contributed by atoms with van der Waals surface area (Å²) < 4.78 is 36.5. The van der Waals surface area contributed by atoms with Gasteiger partial charge in [-0.1, -0.05) is 74.3 Å². The van der Waals surface area contributed by atoms with Crippen LogP contribution < -0.4 is 25.0 Å². The van der Waals surface area contributed by atoms with E-state index >= 15 is 0 Å². The van der Waals surface area contributed by atoms with Crippen molar-refractivity contribution in [1.82, 2.24) is 34.7 Å². The highest BCUT2D eigenvalue weighted by Gasteiger charge is 2.39. The number of nitrogens with one attached hydrogen (secondary N) is 4. The molecule has 0 spiro atoms. The number of carbonyl (C=O) groups excluding carboxylic acids is 4. The number of pyridine rings is 1. The molecule has 460 valence electrons. The van der Waals surface area contributed by atoms with E-state index in [1.165, 1.54) is 35.0 Å². The monoisotopic (exact) mass is 1230 g/mol. The standard InChI is InChI=1S/C67H75ClN10O9S/c1-67(2)27-23-49(57(40-67)47-12-14-51(68)15-13-47)43-75-32-34-76(35-33-75)52-16-19-56(61(38-52)87-53-37-48-24-28-69-63(48)71-42-53)64(80)73-88(85,86)54-17-20-58(60(39-54)78(83)84)70-41-46-25-30-74(31-26-46)29-9-7-5-3-4-6-8-10-45-11-18-55-50(36-45)44-77(66(55)82)59-21-22-62(79)72-65(59)81/h11-20,24,28,36-39,42,46,59,70H,3-7,9,21-23,25-27,29-35,40-41,43-44H2,1-2H3,(H,69,71)(H,73,80)(H,72,79,81). The first-order chi connectivity index (χ1) is 42.4. The molecule has 19 nitrogen and oxygen atoms in total. The predicted octanol–water partition coefficient (Wildman–Crippen LogP) is 11.1. The number of rotatable bonds is 21. The van der Waals surface area contributed by atoms with Crippen molar-refractivity contribution < 1.29 is 37.3 Å². The molecule has 11 rings (SSSR count). The molecule has 3 saturated heterocycles. The van der Waals surface area contributed by atoms with Gasteiger partial charge in [0.1, 0.15) is 28.9 Å². The molecular formula is C67H75ClN10O9S. The number of benzene rings is 4. The Kier molecular flexibility index (Phi) is 19.0. The highest BCUT2D eigenvalue weighted by molar-refractivity contribution is 7.90. The number of H-pyrrole nitrogens is 1. The lowest BCUT2D eigenvalue weighted by Gasteiger charge is -2.39. The van der Waals surface area contributed by atoms with E-state index < -0.39 is 43.4 Å². The normalized spacial score (nSPS) is 18.4. The van der Waals surface area contributed by atoms with E-state index in [1.54, 1.807) is 41.4 Å². The SMILES string of the molecule is CC1(C)CCC(CN2CCN(c3ccc(C(=O)NS(=O)(=O)c4ccc(NCC5CCN(CCCCCCCC#Cc6ccc7c(c6)CN(C6CCC(=O)NC6=O)C7=O)CC5)c([N+](=O)[O-])c4)c(Oc4cnc5[nH]ccc5c4)c3)CC2)=C(c2ccc(Cl)cc2)C1. The quantitative estimate of drug-likeness (QED) is 0.0173. The fourth-order valence-electron chi connectivity index (χ4n) is 12.8. The van der Waals surface area contributed by atoms with Crippen molar-refractivity contribution in [2.45, 2.75) is 115 Å². The van der Waals surface area contributed by atoms with Crippen LogP contribution in [0.1, 0.15) is 135 Å². The number of unbranched alkanes of at least 4 members (excludes halogenated alkanes) is 5. The number of imide groups is 1. The van der Waals surface area contributed by atoms with Gasteiger partial charge in [0.15, 0.2) is 0 Å². The van der Waals surface area contributed by atoms with E-state index in [0.717, 1.165) is 143 Å². The van der Waals surface area contributed by atoms with E-state index in [4.69, 9.17) is 16.3 Å². The number of ether oxygens (including phenoxy) is 1. The number of hydrogen-bond donors (Lipinski definition) is 4. The van der Waals surface area contributed by atoms with Crippen molar-refractivity contribution in [1.29, 1.82) is 0 Å². The average molecular weight is 1230 g/mol. The molecule has 1 atom stereocenters. The number of hydrogen-bond acceptors (Lipinski definition) is 14. The van der Waals surface area contributed by atoms with Gasteiger partial charge < -0.3 is 29.7 Å². The second kappa shape index (κ2) is 27.1. The highest BCUT2D eigenvalue weighted by atomic mass is 35.5. The second-order valence-electron chi connectivity index (χ2n) is 24.7. The van der Waals surface area contributed by atoms with E-state index in [-0.39, 0.29) is 46.6 Å². The largest absolute Gasteiger partial charge is 0.455 e. The van der Waals surface area contributed by atoms with E-state index in [1.807, 2.05) is 30.3 Å². The zero-order valence-electron chi connectivity index (χ0n) is 49.9. The molecule has 6 aromatic rings. The molecule has 0 saturated carbocycles. The van der Waals surface area contributed by atoms with Crippen LogP contribution in [0.15, 0.2) is 114 Å². The number of likely N-dealkylation sites (tertiary alicyclic amines) is 1. The van der Waals surface area contributed by atoms with Crippen LogP contribution in [0.3, 0.4) is 0 Å². The Morgan fingerprint density at radius 2 is 1.66 bits per heavy atom. The molecule has 4 amide bonds. The number of halogens is 1. The maximum atomic E-state index is 14.2. The van der Waals surface area contributed by atoms with Crippen molar-refractivity contribution in [2.75, 3.05) is 69.1 Å². The minimum Gasteiger partial charge on any atom is -0.455 e. The van der Waals surface area contributed by atoms with Crippen molar-refractivity contribution in [2.24, 2.45) is 11.3 Å². The molecule has 2 aromatic heterocycles. The van der Waals surface area contributed by atoms with E-state index in [0.29, 0.717) is 49.6 Å². The Bertz CT molecular complexity index is 3840. The van der Waals surface area contributed by atoms with Crippen molar-refractivity contribution in [3.05, 3.63) is 152 Å². The number of anilines is 2. The molecule has 21 heteroatoms. The zero-order chi connectivity index (χ0) is 61.5. The van der Waals surface area contributed by atoms with Crippen LogP contribution in [-0.4, -0.2) is 127 Å². The van der Waals surface area contributed by atoms with Crippen LogP contribution in [0.5, 0.6) is 11.5 Å². The molecule has 4 aromatic carbocycles. The number of fused-ring (bicyclic) bond motifs is 2. The van der Waals surface area contributed by atoms with Gasteiger partial charge in [-0.15, -0.1) is 0 Å². The van der Waals surface area contributed by atoms with Gasteiger partial charge >= 0.3 is 0 Å². The summed E-state index contributed by atoms with van der Waals surface area (Å²) in [5.41, 5.74) is 7.74. The fraction of sp³-hybridized carbons (Fsp3) is 0.418. The Balaban J connectivity index is 0.640. The molecule has 1 unspecified atom stereocenters. The van der Waals surface area contributed by atoms with Gasteiger partial charge in [-0.3, -0.25) is 39.5 Å². The molecule has 0 radical (unpaired) electrons. The number of aromatic nitrogens is 2. The van der Waals surface area contributed by atoms with Crippen molar-refractivity contribution in [3.63, 3.8) is 0 Å². The number of amides is 4. The van der Waals surface area contributed by atoms with Crippen LogP contribution in [0.4, 0.5) is 17.1 Å². The first-order valence-corrected chi connectivity index (χ1v) is 32.6. The maximum Gasteiger partial charge on any atom is 0.293 e. The van der Waals surface area contributed by atoms with Crippen molar-refractivity contribution in [3.8, 4) is 23.3 Å². The lowest BCUT2D eigenvalue weighted by molar-refractivity contribution is -0.384. The summed E-state index contributed by atoms with van der Waals surface area (Å²) in [7, 11) is -4.61. The molecule has 88 heavy (non-hydrogen) atoms. The lowest BCUT2D eigenvalue weighted by Crippen LogP contribution is -2.52. The van der Waals surface area contributed by atoms with Gasteiger partial charge in [0.2, 0.25) is 11.8 Å². The third-order valence-electron chi connectivity index (χ3n) is 17.9. The first kappa shape index (κ1) is 61.6. The first-order valence-electron chi connectivity index (χ1n) is 30.7. The van der Waals surface area contributed by atoms with Gasteiger partial charge in [0, 0.05) is 104 Å². The number of piperazine rings is 1. The van der Waals surface area contributed by atoms with Crippen LogP contribution in [-0.2, 0) is 26.2 Å². The van der Waals surface area contributed by atoms with Crippen molar-refractivity contribution >= 4 is 78.9 Å². The number of aromatic amines is 1. The molecule has 3 fully saturated rings. The second-order valence-corrected chi connectivity index (χ2v) is 26.8. The summed E-state index contributed by atoms with van der Waals surface area (Å²) in [6, 6.07) is 25.4. The Hall–Kier alpha value is -8.09. The summed E-state index contributed by atoms with van der Waals surface area (Å²) in [4.78, 5) is 78.8. The molecule has 4 N–H and O–H groups in total. The van der Waals surface area contributed by atoms with Crippen LogP contribution in [0.2, 0.25) is 5.02 Å². The number of sulfonamides is 1. The fourth-order valence-corrected chi connectivity index (χ4v) is 13.9. The van der Waals surface area contributed by atoms with Gasteiger partial charge in [-0.25, -0.2) is 18.1 Å². The molecule has 6 heterocycles. The predicted molar refractivity (Wildman–Crippen MR) is 340 cm³/mol. The molecule has 0 bridgehead atoms. The number of nitro groups is 1. The number of piperidine rings is 2. The Labute approximate surface area is 518 Å². The summed E-state index contributed by atoms with van der Waals surface area (Å²) in [6.07, 6.45) is 15.0. The average Bonchev–Trinajstić information content (AvgIpc) is 1.86. The van der Waals surface area contributed by atoms with Gasteiger partial charge in [0.05, 0.1) is 21.6 Å². The van der Waals surface area contributed by atoms with Gasteiger partial charge in [0.25, 0.3) is 27.5 Å². The minimum absolute atomic E-state index is 0.0464.